The molecular weight excluding hydrogens is 249 g/mol. The monoisotopic (exact) mass is 259 g/mol. The molecule has 0 fully saturated rings. The average molecular weight is 260 g/mol. The highest BCUT2D eigenvalue weighted by atomic mass is 35.5. The van der Waals surface area contributed by atoms with Crippen molar-refractivity contribution in [1.82, 2.24) is 0 Å². The molecule has 1 rings (SSSR count). The molecule has 1 aromatic carbocycles. The summed E-state index contributed by atoms with van der Waals surface area (Å²) in [6.07, 6.45) is -2.66. The van der Waals surface area contributed by atoms with Gasteiger partial charge in [0.05, 0.1) is 6.10 Å². The summed E-state index contributed by atoms with van der Waals surface area (Å²) in [5.41, 5.74) is 7.91. The quantitative estimate of drug-likeness (QED) is 0.483. The second-order valence-corrected chi connectivity index (χ2v) is 3.80. The van der Waals surface area contributed by atoms with Crippen molar-refractivity contribution in [3.05, 3.63) is 45.0 Å². The van der Waals surface area contributed by atoms with Crippen molar-refractivity contribution < 1.29 is 14.6 Å². The van der Waals surface area contributed by atoms with Gasteiger partial charge in [-0.1, -0.05) is 22.8 Å². The van der Waals surface area contributed by atoms with Gasteiger partial charge in [0.1, 0.15) is 11.9 Å². The Morgan fingerprint density at radius 3 is 2.76 bits per heavy atom. The molecule has 7 heteroatoms. The van der Waals surface area contributed by atoms with Gasteiger partial charge in [-0.15, -0.1) is 0 Å². The number of hydrogen-bond donors (Lipinski definition) is 2. The summed E-state index contributed by atoms with van der Waals surface area (Å²) in [7, 11) is 0. The van der Waals surface area contributed by atoms with E-state index in [4.69, 9.17) is 17.1 Å². The van der Waals surface area contributed by atoms with Gasteiger partial charge in [-0.3, -0.25) is 0 Å². The van der Waals surface area contributed by atoms with Crippen LogP contribution < -0.4 is 0 Å². The molecule has 0 radical (unpaired) electrons. The van der Waals surface area contributed by atoms with Gasteiger partial charge in [0.25, 0.3) is 0 Å². The molecule has 0 aliphatic rings. The van der Waals surface area contributed by atoms with Crippen molar-refractivity contribution in [3.8, 4) is 0 Å². The minimum atomic E-state index is -1.45. The molecule has 92 valence electrons. The number of halogens is 2. The zero-order chi connectivity index (χ0) is 12.8. The minimum absolute atomic E-state index is 0.0147. The molecule has 1 aromatic rings. The lowest BCUT2D eigenvalue weighted by Gasteiger charge is -2.18. The van der Waals surface area contributed by atoms with E-state index in [0.717, 1.165) is 6.07 Å². The Bertz CT molecular complexity index is 417. The molecule has 0 bridgehead atoms. The van der Waals surface area contributed by atoms with E-state index in [-0.39, 0.29) is 23.6 Å². The van der Waals surface area contributed by atoms with E-state index in [0.29, 0.717) is 0 Å². The standard InChI is InChI=1S/C10H11ClFN3O2/c11-6-2-1-3-7(12)9(6)10(17)8(16)4-5-14-15-13/h1-3,8,10,16-17H,4-5H2. The molecule has 0 aromatic heterocycles. The van der Waals surface area contributed by atoms with Gasteiger partial charge >= 0.3 is 0 Å². The molecule has 0 amide bonds. The van der Waals surface area contributed by atoms with Crippen molar-refractivity contribution in [1.29, 1.82) is 0 Å². The average Bonchev–Trinajstić information content (AvgIpc) is 2.28. The Kier molecular flexibility index (Phi) is 5.18. The molecule has 0 aliphatic carbocycles. The Morgan fingerprint density at radius 1 is 1.47 bits per heavy atom. The lowest BCUT2D eigenvalue weighted by atomic mass is 10.0. The predicted molar refractivity (Wildman–Crippen MR) is 61.0 cm³/mol. The van der Waals surface area contributed by atoms with Crippen LogP contribution >= 0.6 is 11.6 Å². The van der Waals surface area contributed by atoms with E-state index in [1.165, 1.54) is 12.1 Å². The normalized spacial score (nSPS) is 13.9. The van der Waals surface area contributed by atoms with Crippen molar-refractivity contribution in [2.75, 3.05) is 6.54 Å². The summed E-state index contributed by atoms with van der Waals surface area (Å²) in [6, 6.07) is 3.97. The SMILES string of the molecule is [N-]=[N+]=NCCC(O)C(O)c1c(F)cccc1Cl. The number of aliphatic hydroxyl groups excluding tert-OH is 2. The third-order valence-corrected chi connectivity index (χ3v) is 2.58. The molecule has 2 N–H and O–H groups in total. The van der Waals surface area contributed by atoms with E-state index in [1.807, 2.05) is 0 Å². The van der Waals surface area contributed by atoms with Crippen molar-refractivity contribution in [2.24, 2.45) is 5.11 Å². The summed E-state index contributed by atoms with van der Waals surface area (Å²) < 4.78 is 13.4. The van der Waals surface area contributed by atoms with Crippen LogP contribution in [0.4, 0.5) is 4.39 Å². The molecule has 0 saturated heterocycles. The van der Waals surface area contributed by atoms with Crippen LogP contribution in [0.5, 0.6) is 0 Å². The second-order valence-electron chi connectivity index (χ2n) is 3.39. The Labute approximate surface area is 102 Å². The van der Waals surface area contributed by atoms with Gasteiger partial charge in [-0.2, -0.15) is 0 Å². The number of rotatable bonds is 5. The van der Waals surface area contributed by atoms with Crippen LogP contribution in [0.25, 0.3) is 10.4 Å². The van der Waals surface area contributed by atoms with Gasteiger partial charge in [-0.25, -0.2) is 4.39 Å². The van der Waals surface area contributed by atoms with Crippen LogP contribution in [0.2, 0.25) is 5.02 Å². The fourth-order valence-electron chi connectivity index (χ4n) is 1.38. The third-order valence-electron chi connectivity index (χ3n) is 2.25. The predicted octanol–water partition coefficient (Wildman–Crippen LogP) is 2.57. The highest BCUT2D eigenvalue weighted by Gasteiger charge is 2.23. The highest BCUT2D eigenvalue weighted by molar-refractivity contribution is 6.31. The summed E-state index contributed by atoms with van der Waals surface area (Å²) >= 11 is 5.74. The Hall–Kier alpha value is -1.33. The lowest BCUT2D eigenvalue weighted by molar-refractivity contribution is 0.0130. The Morgan fingerprint density at radius 2 is 2.18 bits per heavy atom. The number of aliphatic hydroxyl groups is 2. The fraction of sp³-hybridized carbons (Fsp3) is 0.400. The number of azide groups is 1. The summed E-state index contributed by atoms with van der Waals surface area (Å²) in [5, 5.41) is 22.6. The maximum atomic E-state index is 13.4. The highest BCUT2D eigenvalue weighted by Crippen LogP contribution is 2.28. The van der Waals surface area contributed by atoms with Crippen LogP contribution in [0.15, 0.2) is 23.3 Å². The largest absolute Gasteiger partial charge is 0.390 e. The third kappa shape index (κ3) is 3.57. The molecule has 0 saturated carbocycles. The maximum Gasteiger partial charge on any atom is 0.130 e. The van der Waals surface area contributed by atoms with Gasteiger partial charge in [0.2, 0.25) is 0 Å². The van der Waals surface area contributed by atoms with Gasteiger partial charge in [0.15, 0.2) is 0 Å². The first kappa shape index (κ1) is 13.7. The first-order valence-electron chi connectivity index (χ1n) is 4.88. The minimum Gasteiger partial charge on any atom is -0.390 e. The molecule has 5 nitrogen and oxygen atoms in total. The smallest absolute Gasteiger partial charge is 0.130 e. The van der Waals surface area contributed by atoms with Crippen LogP contribution in [-0.4, -0.2) is 22.9 Å². The topological polar surface area (TPSA) is 89.2 Å². The van der Waals surface area contributed by atoms with Gasteiger partial charge in [-0.05, 0) is 24.1 Å². The van der Waals surface area contributed by atoms with Crippen molar-refractivity contribution >= 4 is 11.6 Å². The molecule has 0 spiro atoms. The summed E-state index contributed by atoms with van der Waals surface area (Å²) in [5.74, 6) is -0.687. The molecule has 2 atom stereocenters. The van der Waals surface area contributed by atoms with E-state index in [1.54, 1.807) is 0 Å². The number of nitrogens with zero attached hydrogens (tertiary/aromatic N) is 3. The molecular formula is C10H11ClFN3O2. The van der Waals surface area contributed by atoms with Gasteiger partial charge < -0.3 is 10.2 Å². The number of hydrogen-bond acceptors (Lipinski definition) is 3. The van der Waals surface area contributed by atoms with Crippen molar-refractivity contribution in [3.63, 3.8) is 0 Å². The van der Waals surface area contributed by atoms with Crippen molar-refractivity contribution in [2.45, 2.75) is 18.6 Å². The lowest BCUT2D eigenvalue weighted by Crippen LogP contribution is -2.20. The number of benzene rings is 1. The van der Waals surface area contributed by atoms with E-state index < -0.39 is 18.0 Å². The zero-order valence-electron chi connectivity index (χ0n) is 8.79. The molecule has 0 aliphatic heterocycles. The van der Waals surface area contributed by atoms with Gasteiger partial charge in [0, 0.05) is 22.0 Å². The van der Waals surface area contributed by atoms with Crippen LogP contribution in [-0.2, 0) is 0 Å². The van der Waals surface area contributed by atoms with Crippen LogP contribution in [0, 0.1) is 5.82 Å². The van der Waals surface area contributed by atoms with E-state index >= 15 is 0 Å². The van der Waals surface area contributed by atoms with Crippen LogP contribution in [0.3, 0.4) is 0 Å². The first-order valence-corrected chi connectivity index (χ1v) is 5.26. The first-order chi connectivity index (χ1) is 8.07. The van der Waals surface area contributed by atoms with E-state index in [2.05, 4.69) is 10.0 Å². The molecule has 2 unspecified atom stereocenters. The Balaban J connectivity index is 2.81. The van der Waals surface area contributed by atoms with Crippen LogP contribution in [0.1, 0.15) is 18.1 Å². The van der Waals surface area contributed by atoms with E-state index in [9.17, 15) is 14.6 Å². The molecule has 0 heterocycles. The summed E-state index contributed by atoms with van der Waals surface area (Å²) in [6.45, 7) is 0.0147. The molecule has 17 heavy (non-hydrogen) atoms. The fourth-order valence-corrected chi connectivity index (χ4v) is 1.65. The zero-order valence-corrected chi connectivity index (χ0v) is 9.55. The second kappa shape index (κ2) is 6.42. The maximum absolute atomic E-state index is 13.4. The summed E-state index contributed by atoms with van der Waals surface area (Å²) in [4.78, 5) is 2.51.